The van der Waals surface area contributed by atoms with Crippen molar-refractivity contribution in [2.45, 2.75) is 37.4 Å². The summed E-state index contributed by atoms with van der Waals surface area (Å²) in [4.78, 5) is 0. The van der Waals surface area contributed by atoms with Crippen molar-refractivity contribution in [1.82, 2.24) is 0 Å². The Kier molecular flexibility index (Phi) is 2.95. The quantitative estimate of drug-likeness (QED) is 0.772. The smallest absolute Gasteiger partial charge is 0.159 e. The molecule has 1 aromatic carbocycles. The molecule has 1 aliphatic rings. The van der Waals surface area contributed by atoms with Crippen molar-refractivity contribution >= 4 is 0 Å². The molecular weight excluding hydrogens is 214 g/mol. The predicted octanol–water partition coefficient (Wildman–Crippen LogP) is 2.09. The molecule has 0 unspecified atom stereocenters. The maximum Gasteiger partial charge on any atom is 0.159 e. The summed E-state index contributed by atoms with van der Waals surface area (Å²) in [7, 11) is 0. The van der Waals surface area contributed by atoms with Crippen LogP contribution in [0.15, 0.2) is 18.2 Å². The molecule has 16 heavy (non-hydrogen) atoms. The summed E-state index contributed by atoms with van der Waals surface area (Å²) in [5, 5.41) is 19.6. The van der Waals surface area contributed by atoms with Crippen LogP contribution >= 0.6 is 0 Å². The van der Waals surface area contributed by atoms with Gasteiger partial charge in [0.05, 0.1) is 11.7 Å². The van der Waals surface area contributed by atoms with Gasteiger partial charge in [-0.15, -0.1) is 0 Å². The van der Waals surface area contributed by atoms with Crippen LogP contribution in [0.4, 0.5) is 8.78 Å². The fourth-order valence-electron chi connectivity index (χ4n) is 2.15. The number of hydrogen-bond donors (Lipinski definition) is 2. The van der Waals surface area contributed by atoms with Gasteiger partial charge in [0.25, 0.3) is 0 Å². The fraction of sp³-hybridized carbons (Fsp3) is 0.500. The molecule has 2 nitrogen and oxygen atoms in total. The van der Waals surface area contributed by atoms with Gasteiger partial charge in [0.2, 0.25) is 0 Å². The molecule has 1 fully saturated rings. The van der Waals surface area contributed by atoms with Crippen LogP contribution in [0, 0.1) is 11.6 Å². The summed E-state index contributed by atoms with van der Waals surface area (Å²) in [6.45, 7) is 0. The normalized spacial score (nSPS) is 30.4. The molecule has 0 aliphatic heterocycles. The summed E-state index contributed by atoms with van der Waals surface area (Å²) < 4.78 is 25.8. The lowest BCUT2D eigenvalue weighted by Gasteiger charge is -2.34. The number of halogens is 2. The molecule has 0 bridgehead atoms. The lowest BCUT2D eigenvalue weighted by molar-refractivity contribution is -0.0363. The van der Waals surface area contributed by atoms with Crippen LogP contribution < -0.4 is 0 Å². The van der Waals surface area contributed by atoms with E-state index in [0.717, 1.165) is 12.1 Å². The van der Waals surface area contributed by atoms with E-state index in [0.29, 0.717) is 31.2 Å². The second kappa shape index (κ2) is 4.11. The van der Waals surface area contributed by atoms with Crippen LogP contribution in [-0.2, 0) is 5.60 Å². The zero-order chi connectivity index (χ0) is 11.8. The first kappa shape index (κ1) is 11.5. The van der Waals surface area contributed by atoms with Gasteiger partial charge in [0.1, 0.15) is 0 Å². The van der Waals surface area contributed by atoms with Gasteiger partial charge < -0.3 is 10.2 Å². The SMILES string of the molecule is OC1CCC(O)(c2ccc(F)c(F)c2)CC1. The number of rotatable bonds is 1. The minimum absolute atomic E-state index is 0.374. The third kappa shape index (κ3) is 2.08. The van der Waals surface area contributed by atoms with E-state index in [-0.39, 0.29) is 0 Å². The van der Waals surface area contributed by atoms with Crippen molar-refractivity contribution in [3.8, 4) is 0 Å². The molecule has 0 radical (unpaired) electrons. The van der Waals surface area contributed by atoms with E-state index < -0.39 is 23.3 Å². The van der Waals surface area contributed by atoms with Crippen LogP contribution in [0.25, 0.3) is 0 Å². The molecule has 0 amide bonds. The largest absolute Gasteiger partial charge is 0.393 e. The number of aliphatic hydroxyl groups excluding tert-OH is 1. The summed E-state index contributed by atoms with van der Waals surface area (Å²) in [5.74, 6) is -1.86. The first-order chi connectivity index (χ1) is 7.51. The van der Waals surface area contributed by atoms with Crippen LogP contribution in [-0.4, -0.2) is 16.3 Å². The van der Waals surface area contributed by atoms with Gasteiger partial charge in [-0.3, -0.25) is 0 Å². The van der Waals surface area contributed by atoms with Crippen molar-refractivity contribution < 1.29 is 19.0 Å². The monoisotopic (exact) mass is 228 g/mol. The maximum atomic E-state index is 13.0. The summed E-state index contributed by atoms with van der Waals surface area (Å²) in [6.07, 6.45) is 1.31. The first-order valence-electron chi connectivity index (χ1n) is 5.37. The highest BCUT2D eigenvalue weighted by atomic mass is 19.2. The van der Waals surface area contributed by atoms with Crippen LogP contribution in [0.2, 0.25) is 0 Å². The molecule has 0 aromatic heterocycles. The lowest BCUT2D eigenvalue weighted by Crippen LogP contribution is -2.33. The number of hydrogen-bond acceptors (Lipinski definition) is 2. The van der Waals surface area contributed by atoms with E-state index in [9.17, 15) is 19.0 Å². The first-order valence-corrected chi connectivity index (χ1v) is 5.37. The van der Waals surface area contributed by atoms with Crippen molar-refractivity contribution in [2.24, 2.45) is 0 Å². The van der Waals surface area contributed by atoms with Gasteiger partial charge >= 0.3 is 0 Å². The zero-order valence-corrected chi connectivity index (χ0v) is 8.79. The Morgan fingerprint density at radius 2 is 1.75 bits per heavy atom. The third-order valence-electron chi connectivity index (χ3n) is 3.24. The van der Waals surface area contributed by atoms with Gasteiger partial charge in [0, 0.05) is 0 Å². The topological polar surface area (TPSA) is 40.5 Å². The van der Waals surface area contributed by atoms with Gasteiger partial charge in [-0.2, -0.15) is 0 Å². The highest BCUT2D eigenvalue weighted by Crippen LogP contribution is 2.37. The van der Waals surface area contributed by atoms with Gasteiger partial charge in [-0.05, 0) is 43.4 Å². The fourth-order valence-corrected chi connectivity index (χ4v) is 2.15. The molecule has 2 N–H and O–H groups in total. The Balaban J connectivity index is 2.25. The standard InChI is InChI=1S/C12H14F2O2/c13-10-2-1-8(7-11(10)14)12(16)5-3-9(15)4-6-12/h1-2,7,9,15-16H,3-6H2. The maximum absolute atomic E-state index is 13.0. The molecule has 2 rings (SSSR count). The van der Waals surface area contributed by atoms with Crippen molar-refractivity contribution in [1.29, 1.82) is 0 Å². The Bertz CT molecular complexity index is 385. The van der Waals surface area contributed by atoms with Crippen molar-refractivity contribution in [2.75, 3.05) is 0 Å². The Morgan fingerprint density at radius 3 is 2.31 bits per heavy atom. The minimum Gasteiger partial charge on any atom is -0.393 e. The Morgan fingerprint density at radius 1 is 1.12 bits per heavy atom. The predicted molar refractivity (Wildman–Crippen MR) is 54.7 cm³/mol. The molecular formula is C12H14F2O2. The highest BCUT2D eigenvalue weighted by Gasteiger charge is 2.34. The number of aliphatic hydroxyl groups is 2. The van der Waals surface area contributed by atoms with E-state index in [4.69, 9.17) is 0 Å². The summed E-state index contributed by atoms with van der Waals surface area (Å²) in [5.41, 5.74) is -0.744. The Labute approximate surface area is 92.5 Å². The molecule has 0 spiro atoms. The third-order valence-corrected chi connectivity index (χ3v) is 3.24. The van der Waals surface area contributed by atoms with Crippen molar-refractivity contribution in [3.63, 3.8) is 0 Å². The average molecular weight is 228 g/mol. The molecule has 88 valence electrons. The minimum atomic E-state index is -1.13. The molecule has 0 heterocycles. The van der Waals surface area contributed by atoms with E-state index >= 15 is 0 Å². The second-order valence-electron chi connectivity index (χ2n) is 4.39. The molecule has 1 aliphatic carbocycles. The van der Waals surface area contributed by atoms with Crippen LogP contribution in [0.3, 0.4) is 0 Å². The summed E-state index contributed by atoms with van der Waals surface area (Å²) in [6, 6.07) is 3.46. The van der Waals surface area contributed by atoms with Crippen LogP contribution in [0.1, 0.15) is 31.2 Å². The Hall–Kier alpha value is -1.00. The number of benzene rings is 1. The van der Waals surface area contributed by atoms with Crippen LogP contribution in [0.5, 0.6) is 0 Å². The van der Waals surface area contributed by atoms with Gasteiger partial charge in [0.15, 0.2) is 11.6 Å². The molecule has 4 heteroatoms. The molecule has 0 atom stereocenters. The van der Waals surface area contributed by atoms with E-state index in [1.54, 1.807) is 0 Å². The molecule has 1 saturated carbocycles. The highest BCUT2D eigenvalue weighted by molar-refractivity contribution is 5.24. The molecule has 1 aromatic rings. The molecule has 0 saturated heterocycles. The van der Waals surface area contributed by atoms with E-state index in [1.165, 1.54) is 6.07 Å². The van der Waals surface area contributed by atoms with E-state index in [2.05, 4.69) is 0 Å². The van der Waals surface area contributed by atoms with Crippen molar-refractivity contribution in [3.05, 3.63) is 35.4 Å². The summed E-state index contributed by atoms with van der Waals surface area (Å²) >= 11 is 0. The second-order valence-corrected chi connectivity index (χ2v) is 4.39. The van der Waals surface area contributed by atoms with Gasteiger partial charge in [-0.25, -0.2) is 8.78 Å². The lowest BCUT2D eigenvalue weighted by atomic mass is 9.78. The zero-order valence-electron chi connectivity index (χ0n) is 8.79. The van der Waals surface area contributed by atoms with Gasteiger partial charge in [-0.1, -0.05) is 6.07 Å². The van der Waals surface area contributed by atoms with E-state index in [1.807, 2.05) is 0 Å². The average Bonchev–Trinajstić information content (AvgIpc) is 2.26.